The van der Waals surface area contributed by atoms with Gasteiger partial charge in [-0.1, -0.05) is 46.1 Å². The lowest BCUT2D eigenvalue weighted by atomic mass is 9.87. The maximum atomic E-state index is 4.17. The zero-order valence-electron chi connectivity index (χ0n) is 12.0. The van der Waals surface area contributed by atoms with E-state index in [1.165, 1.54) is 25.7 Å². The number of hydrogen-bond acceptors (Lipinski definition) is 1. The Morgan fingerprint density at radius 3 is 2.53 bits per heavy atom. The first-order valence-electron chi connectivity index (χ1n) is 6.61. The van der Waals surface area contributed by atoms with Gasteiger partial charge in [-0.2, -0.15) is 0 Å². The van der Waals surface area contributed by atoms with Crippen molar-refractivity contribution in [2.75, 3.05) is 20.1 Å². The van der Waals surface area contributed by atoms with Gasteiger partial charge in [0.1, 0.15) is 0 Å². The molecule has 0 heterocycles. The molecule has 0 aromatic carbocycles. The minimum absolute atomic E-state index is 0.320. The summed E-state index contributed by atoms with van der Waals surface area (Å²) in [6.07, 6.45) is 7.01. The molecular weight excluding hydrogens is 210 g/mol. The third-order valence-corrected chi connectivity index (χ3v) is 2.83. The summed E-state index contributed by atoms with van der Waals surface area (Å²) in [5, 5.41) is 6.54. The van der Waals surface area contributed by atoms with Crippen molar-refractivity contribution in [3.63, 3.8) is 0 Å². The number of rotatable bonds is 8. The lowest BCUT2D eigenvalue weighted by Crippen LogP contribution is -2.42. The molecule has 0 aromatic rings. The van der Waals surface area contributed by atoms with Gasteiger partial charge < -0.3 is 10.6 Å². The van der Waals surface area contributed by atoms with Crippen molar-refractivity contribution in [2.45, 2.75) is 46.5 Å². The topological polar surface area (TPSA) is 36.4 Å². The normalized spacial score (nSPS) is 12.4. The van der Waals surface area contributed by atoms with Gasteiger partial charge in [-0.15, -0.1) is 6.58 Å². The van der Waals surface area contributed by atoms with E-state index in [-0.39, 0.29) is 0 Å². The SMILES string of the molecule is C=CCNC(=NC)NCC(C)(C)CCCCC. The van der Waals surface area contributed by atoms with Crippen LogP contribution >= 0.6 is 0 Å². The lowest BCUT2D eigenvalue weighted by Gasteiger charge is -2.26. The zero-order chi connectivity index (χ0) is 13.1. The van der Waals surface area contributed by atoms with Crippen LogP contribution in [0.25, 0.3) is 0 Å². The molecule has 100 valence electrons. The molecule has 0 amide bonds. The monoisotopic (exact) mass is 239 g/mol. The number of unbranched alkanes of at least 4 members (excludes halogenated alkanes) is 2. The van der Waals surface area contributed by atoms with E-state index >= 15 is 0 Å². The Labute approximate surface area is 107 Å². The fraction of sp³-hybridized carbons (Fsp3) is 0.786. The lowest BCUT2D eigenvalue weighted by molar-refractivity contribution is 0.318. The van der Waals surface area contributed by atoms with Crippen LogP contribution in [0.2, 0.25) is 0 Å². The minimum atomic E-state index is 0.320. The van der Waals surface area contributed by atoms with E-state index in [1.807, 2.05) is 6.08 Å². The number of nitrogens with one attached hydrogen (secondary N) is 2. The molecule has 0 aliphatic rings. The van der Waals surface area contributed by atoms with Gasteiger partial charge in [0.15, 0.2) is 5.96 Å². The van der Waals surface area contributed by atoms with Crippen molar-refractivity contribution in [1.82, 2.24) is 10.6 Å². The van der Waals surface area contributed by atoms with Crippen molar-refractivity contribution < 1.29 is 0 Å². The first-order valence-corrected chi connectivity index (χ1v) is 6.61. The Bertz CT molecular complexity index is 232. The second-order valence-corrected chi connectivity index (χ2v) is 5.22. The van der Waals surface area contributed by atoms with Gasteiger partial charge in [0.05, 0.1) is 0 Å². The maximum absolute atomic E-state index is 4.17. The first-order chi connectivity index (χ1) is 8.05. The highest BCUT2D eigenvalue weighted by Crippen LogP contribution is 2.22. The summed E-state index contributed by atoms with van der Waals surface area (Å²) >= 11 is 0. The summed E-state index contributed by atoms with van der Waals surface area (Å²) in [6.45, 7) is 12.2. The smallest absolute Gasteiger partial charge is 0.191 e. The van der Waals surface area contributed by atoms with Crippen LogP contribution < -0.4 is 10.6 Å². The van der Waals surface area contributed by atoms with E-state index in [4.69, 9.17) is 0 Å². The Kier molecular flexibility index (Phi) is 8.55. The summed E-state index contributed by atoms with van der Waals surface area (Å²) in [7, 11) is 1.79. The molecule has 0 aliphatic carbocycles. The van der Waals surface area contributed by atoms with Crippen molar-refractivity contribution in [1.29, 1.82) is 0 Å². The number of hydrogen-bond donors (Lipinski definition) is 2. The van der Waals surface area contributed by atoms with Gasteiger partial charge in [0.25, 0.3) is 0 Å². The van der Waals surface area contributed by atoms with Crippen molar-refractivity contribution in [2.24, 2.45) is 10.4 Å². The zero-order valence-corrected chi connectivity index (χ0v) is 12.0. The van der Waals surface area contributed by atoms with Crippen LogP contribution in [0.15, 0.2) is 17.6 Å². The highest BCUT2D eigenvalue weighted by Gasteiger charge is 2.17. The van der Waals surface area contributed by atoms with Crippen molar-refractivity contribution in [3.8, 4) is 0 Å². The fourth-order valence-electron chi connectivity index (χ4n) is 1.65. The summed E-state index contributed by atoms with van der Waals surface area (Å²) in [4.78, 5) is 4.17. The van der Waals surface area contributed by atoms with E-state index in [9.17, 15) is 0 Å². The molecule has 0 atom stereocenters. The number of aliphatic imine (C=N–C) groups is 1. The Balaban J connectivity index is 3.92. The molecular formula is C14H29N3. The van der Waals surface area contributed by atoms with Crippen LogP contribution in [0.1, 0.15) is 46.5 Å². The van der Waals surface area contributed by atoms with Crippen LogP contribution in [-0.4, -0.2) is 26.1 Å². The molecule has 3 heteroatoms. The second-order valence-electron chi connectivity index (χ2n) is 5.22. The summed E-state index contributed by atoms with van der Waals surface area (Å²) in [5.74, 6) is 0.855. The van der Waals surface area contributed by atoms with Crippen molar-refractivity contribution in [3.05, 3.63) is 12.7 Å². The van der Waals surface area contributed by atoms with Gasteiger partial charge in [-0.05, 0) is 11.8 Å². The Morgan fingerprint density at radius 1 is 1.29 bits per heavy atom. The molecule has 3 nitrogen and oxygen atoms in total. The van der Waals surface area contributed by atoms with E-state index in [2.05, 4.69) is 43.0 Å². The Morgan fingerprint density at radius 2 is 2.00 bits per heavy atom. The standard InChI is InChI=1S/C14H29N3/c1-6-8-9-10-14(3,4)12-17-13(15-5)16-11-7-2/h7H,2,6,8-12H2,1,3-5H3,(H2,15,16,17). The summed E-state index contributed by atoms with van der Waals surface area (Å²) in [5.41, 5.74) is 0.320. The van der Waals surface area contributed by atoms with Crippen LogP contribution in [0, 0.1) is 5.41 Å². The molecule has 0 spiro atoms. The predicted octanol–water partition coefficient (Wildman–Crippen LogP) is 2.94. The molecule has 0 aromatic heterocycles. The molecule has 0 fully saturated rings. The maximum Gasteiger partial charge on any atom is 0.191 e. The summed E-state index contributed by atoms with van der Waals surface area (Å²) in [6, 6.07) is 0. The third-order valence-electron chi connectivity index (χ3n) is 2.83. The molecule has 2 N–H and O–H groups in total. The fourth-order valence-corrected chi connectivity index (χ4v) is 1.65. The number of guanidine groups is 1. The van der Waals surface area contributed by atoms with Crippen LogP contribution in [0.3, 0.4) is 0 Å². The molecule has 0 bridgehead atoms. The van der Waals surface area contributed by atoms with Gasteiger partial charge in [-0.3, -0.25) is 4.99 Å². The number of nitrogens with zero attached hydrogens (tertiary/aromatic N) is 1. The minimum Gasteiger partial charge on any atom is -0.356 e. The first kappa shape index (κ1) is 16.0. The molecule has 17 heavy (non-hydrogen) atoms. The largest absolute Gasteiger partial charge is 0.356 e. The predicted molar refractivity (Wildman–Crippen MR) is 77.5 cm³/mol. The van der Waals surface area contributed by atoms with E-state index in [0.717, 1.165) is 19.0 Å². The molecule has 0 rings (SSSR count). The molecule has 0 saturated carbocycles. The van der Waals surface area contributed by atoms with Crippen molar-refractivity contribution >= 4 is 5.96 Å². The highest BCUT2D eigenvalue weighted by molar-refractivity contribution is 5.79. The van der Waals surface area contributed by atoms with Gasteiger partial charge in [-0.25, -0.2) is 0 Å². The summed E-state index contributed by atoms with van der Waals surface area (Å²) < 4.78 is 0. The second kappa shape index (κ2) is 9.08. The quantitative estimate of drug-likeness (QED) is 0.296. The third kappa shape index (κ3) is 8.78. The van der Waals surface area contributed by atoms with Crippen LogP contribution in [0.5, 0.6) is 0 Å². The van der Waals surface area contributed by atoms with Gasteiger partial charge >= 0.3 is 0 Å². The van der Waals surface area contributed by atoms with Crippen LogP contribution in [0.4, 0.5) is 0 Å². The average molecular weight is 239 g/mol. The van der Waals surface area contributed by atoms with Gasteiger partial charge in [0.2, 0.25) is 0 Å². The van der Waals surface area contributed by atoms with Gasteiger partial charge in [0, 0.05) is 20.1 Å². The average Bonchev–Trinajstić information content (AvgIpc) is 2.29. The van der Waals surface area contributed by atoms with Crippen LogP contribution in [-0.2, 0) is 0 Å². The molecule has 0 saturated heterocycles. The van der Waals surface area contributed by atoms with E-state index in [0.29, 0.717) is 5.41 Å². The molecule has 0 aliphatic heterocycles. The molecule has 0 radical (unpaired) electrons. The van der Waals surface area contributed by atoms with E-state index in [1.54, 1.807) is 7.05 Å². The highest BCUT2D eigenvalue weighted by atomic mass is 15.2. The molecule has 0 unspecified atom stereocenters. The van der Waals surface area contributed by atoms with E-state index < -0.39 is 0 Å². The Hall–Kier alpha value is -0.990.